The maximum absolute atomic E-state index is 5.65. The molecular formula is C11H14N4S. The van der Waals surface area contributed by atoms with E-state index >= 15 is 0 Å². The molecule has 2 aromatic rings. The van der Waals surface area contributed by atoms with Crippen molar-refractivity contribution in [2.75, 3.05) is 0 Å². The molecular weight excluding hydrogens is 220 g/mol. The summed E-state index contributed by atoms with van der Waals surface area (Å²) in [6.45, 7) is 4.81. The van der Waals surface area contributed by atoms with Crippen molar-refractivity contribution in [3.63, 3.8) is 0 Å². The molecule has 2 heterocycles. The van der Waals surface area contributed by atoms with Gasteiger partial charge in [-0.1, -0.05) is 17.4 Å². The highest BCUT2D eigenvalue weighted by Gasteiger charge is 2.11. The molecule has 4 nitrogen and oxygen atoms in total. The smallest absolute Gasteiger partial charge is 0.0998 e. The number of allylic oxidation sites excluding steroid dienone is 1. The van der Waals surface area contributed by atoms with Gasteiger partial charge in [-0.25, -0.2) is 4.68 Å². The Balaban J connectivity index is 2.29. The predicted molar refractivity (Wildman–Crippen MR) is 65.2 cm³/mol. The molecule has 2 rings (SSSR count). The number of thiophene rings is 1. The zero-order valence-electron chi connectivity index (χ0n) is 8.97. The number of hydrogen-bond acceptors (Lipinski definition) is 4. The standard InChI is InChI=1S/C11H14N4S/c1-2-5-15-11(10(8-12)13-14-15)7-9-4-3-6-16-9/h2-4,6H,1,5,7-8,12H2. The summed E-state index contributed by atoms with van der Waals surface area (Å²) in [5, 5.41) is 10.2. The van der Waals surface area contributed by atoms with Gasteiger partial charge >= 0.3 is 0 Å². The molecule has 0 aliphatic carbocycles. The average Bonchev–Trinajstić information content (AvgIpc) is 2.91. The van der Waals surface area contributed by atoms with E-state index in [4.69, 9.17) is 5.73 Å². The molecule has 0 aliphatic heterocycles. The molecule has 0 unspecified atom stereocenters. The van der Waals surface area contributed by atoms with E-state index in [1.54, 1.807) is 11.3 Å². The van der Waals surface area contributed by atoms with E-state index in [0.29, 0.717) is 13.1 Å². The minimum absolute atomic E-state index is 0.428. The third-order valence-corrected chi connectivity index (χ3v) is 3.21. The first-order chi connectivity index (χ1) is 7.85. The average molecular weight is 234 g/mol. The zero-order chi connectivity index (χ0) is 11.4. The predicted octanol–water partition coefficient (Wildman–Crippen LogP) is 1.58. The fourth-order valence-electron chi connectivity index (χ4n) is 1.57. The van der Waals surface area contributed by atoms with Gasteiger partial charge in [-0.3, -0.25) is 0 Å². The van der Waals surface area contributed by atoms with Crippen molar-refractivity contribution in [1.29, 1.82) is 0 Å². The van der Waals surface area contributed by atoms with E-state index < -0.39 is 0 Å². The lowest BCUT2D eigenvalue weighted by Crippen LogP contribution is -2.07. The van der Waals surface area contributed by atoms with Crippen LogP contribution in [0.4, 0.5) is 0 Å². The van der Waals surface area contributed by atoms with Crippen LogP contribution in [0.3, 0.4) is 0 Å². The molecule has 84 valence electrons. The third-order valence-electron chi connectivity index (χ3n) is 2.34. The minimum atomic E-state index is 0.428. The second-order valence-electron chi connectivity index (χ2n) is 3.41. The van der Waals surface area contributed by atoms with Crippen molar-refractivity contribution in [3.05, 3.63) is 46.4 Å². The Morgan fingerprint density at radius 3 is 3.06 bits per heavy atom. The van der Waals surface area contributed by atoms with Crippen LogP contribution in [0.2, 0.25) is 0 Å². The van der Waals surface area contributed by atoms with Gasteiger partial charge in [0.05, 0.1) is 17.9 Å². The monoisotopic (exact) mass is 234 g/mol. The van der Waals surface area contributed by atoms with Crippen molar-refractivity contribution >= 4 is 11.3 Å². The summed E-state index contributed by atoms with van der Waals surface area (Å²) in [7, 11) is 0. The van der Waals surface area contributed by atoms with Crippen LogP contribution in [0.25, 0.3) is 0 Å². The molecule has 0 saturated heterocycles. The summed E-state index contributed by atoms with van der Waals surface area (Å²) < 4.78 is 1.86. The second kappa shape index (κ2) is 5.05. The molecule has 0 saturated carbocycles. The molecule has 5 heteroatoms. The largest absolute Gasteiger partial charge is 0.325 e. The first kappa shape index (κ1) is 11.0. The lowest BCUT2D eigenvalue weighted by molar-refractivity contribution is 0.638. The molecule has 16 heavy (non-hydrogen) atoms. The van der Waals surface area contributed by atoms with Gasteiger partial charge in [0.2, 0.25) is 0 Å². The Bertz CT molecular complexity index is 458. The van der Waals surface area contributed by atoms with Gasteiger partial charge < -0.3 is 5.73 Å². The van der Waals surface area contributed by atoms with Gasteiger partial charge in [-0.05, 0) is 11.4 Å². The van der Waals surface area contributed by atoms with E-state index in [0.717, 1.165) is 17.8 Å². The summed E-state index contributed by atoms with van der Waals surface area (Å²) in [5.41, 5.74) is 7.61. The molecule has 0 spiro atoms. The van der Waals surface area contributed by atoms with Crippen LogP contribution >= 0.6 is 11.3 Å². The van der Waals surface area contributed by atoms with Gasteiger partial charge in [0, 0.05) is 17.8 Å². The molecule has 0 atom stereocenters. The van der Waals surface area contributed by atoms with Crippen LogP contribution in [0.15, 0.2) is 30.2 Å². The maximum Gasteiger partial charge on any atom is 0.0998 e. The van der Waals surface area contributed by atoms with Crippen LogP contribution in [0.1, 0.15) is 16.3 Å². The van der Waals surface area contributed by atoms with Crippen LogP contribution in [-0.2, 0) is 19.5 Å². The van der Waals surface area contributed by atoms with Gasteiger partial charge in [0.15, 0.2) is 0 Å². The first-order valence-electron chi connectivity index (χ1n) is 5.09. The van der Waals surface area contributed by atoms with Gasteiger partial charge in [-0.15, -0.1) is 23.0 Å². The Kier molecular flexibility index (Phi) is 3.48. The number of rotatable bonds is 5. The van der Waals surface area contributed by atoms with Crippen molar-refractivity contribution in [2.45, 2.75) is 19.5 Å². The zero-order valence-corrected chi connectivity index (χ0v) is 9.78. The fraction of sp³-hybridized carbons (Fsp3) is 0.273. The highest BCUT2D eigenvalue weighted by Crippen LogP contribution is 2.16. The highest BCUT2D eigenvalue weighted by molar-refractivity contribution is 7.09. The first-order valence-corrected chi connectivity index (χ1v) is 5.97. The Morgan fingerprint density at radius 1 is 1.56 bits per heavy atom. The van der Waals surface area contributed by atoms with Crippen molar-refractivity contribution in [1.82, 2.24) is 15.0 Å². The van der Waals surface area contributed by atoms with Crippen LogP contribution in [0.5, 0.6) is 0 Å². The SMILES string of the molecule is C=CCn1nnc(CN)c1Cc1cccs1. The van der Waals surface area contributed by atoms with Crippen molar-refractivity contribution < 1.29 is 0 Å². The summed E-state index contributed by atoms with van der Waals surface area (Å²) in [6.07, 6.45) is 2.65. The minimum Gasteiger partial charge on any atom is -0.325 e. The topological polar surface area (TPSA) is 56.7 Å². The Morgan fingerprint density at radius 2 is 2.44 bits per heavy atom. The van der Waals surface area contributed by atoms with E-state index in [2.05, 4.69) is 28.3 Å². The molecule has 0 aliphatic rings. The summed E-state index contributed by atoms with van der Waals surface area (Å²) in [5.74, 6) is 0. The molecule has 0 radical (unpaired) electrons. The molecule has 0 fully saturated rings. The van der Waals surface area contributed by atoms with Gasteiger partial charge in [0.1, 0.15) is 0 Å². The van der Waals surface area contributed by atoms with E-state index in [1.165, 1.54) is 4.88 Å². The second-order valence-corrected chi connectivity index (χ2v) is 4.45. The summed E-state index contributed by atoms with van der Waals surface area (Å²) in [6, 6.07) is 4.15. The third kappa shape index (κ3) is 2.20. The van der Waals surface area contributed by atoms with E-state index in [1.807, 2.05) is 16.8 Å². The summed E-state index contributed by atoms with van der Waals surface area (Å²) >= 11 is 1.73. The Labute approximate surface area is 98.4 Å². The number of nitrogens with two attached hydrogens (primary N) is 1. The summed E-state index contributed by atoms with van der Waals surface area (Å²) in [4.78, 5) is 1.29. The van der Waals surface area contributed by atoms with Gasteiger partial charge in [-0.2, -0.15) is 0 Å². The van der Waals surface area contributed by atoms with Crippen molar-refractivity contribution in [3.8, 4) is 0 Å². The molecule has 2 aromatic heterocycles. The lowest BCUT2D eigenvalue weighted by atomic mass is 10.2. The van der Waals surface area contributed by atoms with Crippen LogP contribution in [-0.4, -0.2) is 15.0 Å². The number of hydrogen-bond donors (Lipinski definition) is 1. The number of aromatic nitrogens is 3. The normalized spacial score (nSPS) is 10.6. The van der Waals surface area contributed by atoms with E-state index in [9.17, 15) is 0 Å². The van der Waals surface area contributed by atoms with Crippen LogP contribution in [0, 0.1) is 0 Å². The Hall–Kier alpha value is -1.46. The molecule has 0 bridgehead atoms. The molecule has 0 amide bonds. The molecule has 2 N–H and O–H groups in total. The van der Waals surface area contributed by atoms with Gasteiger partial charge in [0.25, 0.3) is 0 Å². The fourth-order valence-corrected chi connectivity index (χ4v) is 2.28. The maximum atomic E-state index is 5.65. The highest BCUT2D eigenvalue weighted by atomic mass is 32.1. The number of nitrogens with zero attached hydrogens (tertiary/aromatic N) is 3. The quantitative estimate of drug-likeness (QED) is 0.799. The molecule has 0 aromatic carbocycles. The lowest BCUT2D eigenvalue weighted by Gasteiger charge is -2.03. The van der Waals surface area contributed by atoms with Crippen LogP contribution < -0.4 is 5.73 Å². The van der Waals surface area contributed by atoms with E-state index in [-0.39, 0.29) is 0 Å². The van der Waals surface area contributed by atoms with Crippen molar-refractivity contribution in [2.24, 2.45) is 5.73 Å².